The van der Waals surface area contributed by atoms with Crippen LogP contribution >= 0.6 is 0 Å². The van der Waals surface area contributed by atoms with Crippen LogP contribution < -0.4 is 20.1 Å². The van der Waals surface area contributed by atoms with E-state index < -0.39 is 18.0 Å². The first-order valence-electron chi connectivity index (χ1n) is 9.38. The summed E-state index contributed by atoms with van der Waals surface area (Å²) >= 11 is 0. The van der Waals surface area contributed by atoms with Gasteiger partial charge >= 0.3 is 12.0 Å². The molecular weight excluding hydrogens is 368 g/mol. The van der Waals surface area contributed by atoms with Crippen molar-refractivity contribution in [2.45, 2.75) is 19.9 Å². The molecule has 3 aromatic carbocycles. The zero-order valence-corrected chi connectivity index (χ0v) is 16.6. The summed E-state index contributed by atoms with van der Waals surface area (Å²) in [6.07, 6.45) is 0. The van der Waals surface area contributed by atoms with E-state index >= 15 is 0 Å². The molecule has 6 nitrogen and oxygen atoms in total. The highest BCUT2D eigenvalue weighted by Crippen LogP contribution is 2.25. The SMILES string of the molecule is COc1ccc2ccc(OC(=O)C(NC(=O)Nc3ccccc3)C(C)C)cc2c1. The average molecular weight is 392 g/mol. The highest BCUT2D eigenvalue weighted by atomic mass is 16.5. The third kappa shape index (κ3) is 5.25. The standard InChI is InChI=1S/C23H24N2O4/c1-15(2)21(25-23(27)24-18-7-5-4-6-8-18)22(26)29-20-12-10-16-9-11-19(28-3)13-17(16)14-20/h4-15,21H,1-3H3,(H2,24,25,27). The van der Waals surface area contributed by atoms with Crippen molar-refractivity contribution in [3.8, 4) is 11.5 Å². The fourth-order valence-electron chi connectivity index (χ4n) is 2.90. The van der Waals surface area contributed by atoms with Gasteiger partial charge in [-0.2, -0.15) is 0 Å². The fraction of sp³-hybridized carbons (Fsp3) is 0.217. The maximum atomic E-state index is 12.7. The van der Waals surface area contributed by atoms with Crippen molar-refractivity contribution in [3.63, 3.8) is 0 Å². The first kappa shape index (κ1) is 20.2. The Morgan fingerprint density at radius 1 is 0.862 bits per heavy atom. The highest BCUT2D eigenvalue weighted by Gasteiger charge is 2.26. The second-order valence-electron chi connectivity index (χ2n) is 6.98. The van der Waals surface area contributed by atoms with Gasteiger partial charge in [0.15, 0.2) is 0 Å². The molecule has 0 radical (unpaired) electrons. The van der Waals surface area contributed by atoms with Crippen LogP contribution in [0.3, 0.4) is 0 Å². The first-order valence-corrected chi connectivity index (χ1v) is 9.38. The van der Waals surface area contributed by atoms with Crippen LogP contribution in [-0.2, 0) is 4.79 Å². The summed E-state index contributed by atoms with van der Waals surface area (Å²) < 4.78 is 10.8. The van der Waals surface area contributed by atoms with Crippen LogP contribution in [-0.4, -0.2) is 25.2 Å². The van der Waals surface area contributed by atoms with Crippen LogP contribution in [0.1, 0.15) is 13.8 Å². The molecule has 0 fully saturated rings. The lowest BCUT2D eigenvalue weighted by atomic mass is 10.0. The molecule has 0 aliphatic rings. The number of amides is 2. The first-order chi connectivity index (χ1) is 14.0. The summed E-state index contributed by atoms with van der Waals surface area (Å²) in [4.78, 5) is 25.0. The molecule has 6 heteroatoms. The third-order valence-corrected chi connectivity index (χ3v) is 4.48. The predicted octanol–water partition coefficient (Wildman–Crippen LogP) is 4.60. The minimum atomic E-state index is -0.792. The zero-order chi connectivity index (χ0) is 20.8. The molecule has 0 saturated heterocycles. The summed E-state index contributed by atoms with van der Waals surface area (Å²) in [5, 5.41) is 7.31. The topological polar surface area (TPSA) is 76.7 Å². The van der Waals surface area contributed by atoms with E-state index in [-0.39, 0.29) is 5.92 Å². The summed E-state index contributed by atoms with van der Waals surface area (Å²) in [6, 6.07) is 18.8. The number of ether oxygens (including phenoxy) is 2. The van der Waals surface area contributed by atoms with Gasteiger partial charge in [-0.3, -0.25) is 0 Å². The number of carbonyl (C=O) groups is 2. The number of benzene rings is 3. The molecule has 0 aromatic heterocycles. The van der Waals surface area contributed by atoms with Crippen molar-refractivity contribution in [1.29, 1.82) is 0 Å². The van der Waals surface area contributed by atoms with Crippen molar-refractivity contribution in [2.24, 2.45) is 5.92 Å². The van der Waals surface area contributed by atoms with Crippen molar-refractivity contribution >= 4 is 28.5 Å². The fourth-order valence-corrected chi connectivity index (χ4v) is 2.90. The molecular formula is C23H24N2O4. The Morgan fingerprint density at radius 3 is 2.17 bits per heavy atom. The largest absolute Gasteiger partial charge is 0.497 e. The molecule has 0 spiro atoms. The summed E-state index contributed by atoms with van der Waals surface area (Å²) in [6.45, 7) is 3.69. The molecule has 2 N–H and O–H groups in total. The third-order valence-electron chi connectivity index (χ3n) is 4.48. The van der Waals surface area contributed by atoms with E-state index in [4.69, 9.17) is 9.47 Å². The number of carbonyl (C=O) groups excluding carboxylic acids is 2. The maximum absolute atomic E-state index is 12.7. The summed E-state index contributed by atoms with van der Waals surface area (Å²) in [7, 11) is 1.60. The Balaban J connectivity index is 1.70. The molecule has 0 saturated carbocycles. The van der Waals surface area contributed by atoms with E-state index in [0.717, 1.165) is 16.5 Å². The van der Waals surface area contributed by atoms with Crippen LogP contribution in [0.4, 0.5) is 10.5 Å². The molecule has 0 heterocycles. The van der Waals surface area contributed by atoms with Gasteiger partial charge in [0.25, 0.3) is 0 Å². The number of anilines is 1. The molecule has 0 bridgehead atoms. The summed E-state index contributed by atoms with van der Waals surface area (Å²) in [5.41, 5.74) is 0.643. The number of rotatable bonds is 6. The molecule has 150 valence electrons. The van der Waals surface area contributed by atoms with Crippen LogP contribution in [0.25, 0.3) is 10.8 Å². The monoisotopic (exact) mass is 392 g/mol. The van der Waals surface area contributed by atoms with Crippen molar-refractivity contribution in [1.82, 2.24) is 5.32 Å². The number of esters is 1. The zero-order valence-electron chi connectivity index (χ0n) is 16.6. The number of para-hydroxylation sites is 1. The van der Waals surface area contributed by atoms with E-state index in [1.54, 1.807) is 31.4 Å². The van der Waals surface area contributed by atoms with Crippen molar-refractivity contribution in [3.05, 3.63) is 66.7 Å². The average Bonchev–Trinajstić information content (AvgIpc) is 2.71. The molecule has 0 aliphatic heterocycles. The minimum Gasteiger partial charge on any atom is -0.497 e. The van der Waals surface area contributed by atoms with E-state index in [1.165, 1.54) is 0 Å². The van der Waals surface area contributed by atoms with Gasteiger partial charge in [-0.25, -0.2) is 9.59 Å². The van der Waals surface area contributed by atoms with Crippen LogP contribution in [0, 0.1) is 5.92 Å². The van der Waals surface area contributed by atoms with Gasteiger partial charge < -0.3 is 20.1 Å². The molecule has 3 rings (SSSR count). The van der Waals surface area contributed by atoms with Crippen molar-refractivity contribution < 1.29 is 19.1 Å². The van der Waals surface area contributed by atoms with Crippen LogP contribution in [0.15, 0.2) is 66.7 Å². The Kier molecular flexibility index (Phi) is 6.34. The van der Waals surface area contributed by atoms with E-state index in [2.05, 4.69) is 10.6 Å². The number of fused-ring (bicyclic) bond motifs is 1. The Morgan fingerprint density at radius 2 is 1.52 bits per heavy atom. The van der Waals surface area contributed by atoms with Gasteiger partial charge in [-0.15, -0.1) is 0 Å². The number of hydrogen-bond acceptors (Lipinski definition) is 4. The smallest absolute Gasteiger partial charge is 0.334 e. The normalized spacial score (nSPS) is 11.7. The molecule has 29 heavy (non-hydrogen) atoms. The molecule has 1 unspecified atom stereocenters. The van der Waals surface area contributed by atoms with Gasteiger partial charge in [-0.05, 0) is 53.1 Å². The second-order valence-corrected chi connectivity index (χ2v) is 6.98. The molecule has 2 amide bonds. The lowest BCUT2D eigenvalue weighted by molar-refractivity contribution is -0.137. The van der Waals surface area contributed by atoms with E-state index in [9.17, 15) is 9.59 Å². The van der Waals surface area contributed by atoms with Crippen molar-refractivity contribution in [2.75, 3.05) is 12.4 Å². The molecule has 1 atom stereocenters. The lowest BCUT2D eigenvalue weighted by Crippen LogP contribution is -2.48. The van der Waals surface area contributed by atoms with Gasteiger partial charge in [0.05, 0.1) is 7.11 Å². The minimum absolute atomic E-state index is 0.149. The predicted molar refractivity (Wildman–Crippen MR) is 113 cm³/mol. The Bertz CT molecular complexity index is 1000. The Hall–Kier alpha value is -3.54. The van der Waals surface area contributed by atoms with Crippen LogP contribution in [0.5, 0.6) is 11.5 Å². The maximum Gasteiger partial charge on any atom is 0.334 e. The van der Waals surface area contributed by atoms with E-state index in [0.29, 0.717) is 11.4 Å². The Labute approximate surface area is 169 Å². The van der Waals surface area contributed by atoms with Crippen LogP contribution in [0.2, 0.25) is 0 Å². The lowest BCUT2D eigenvalue weighted by Gasteiger charge is -2.21. The van der Waals surface area contributed by atoms with Gasteiger partial charge in [0, 0.05) is 5.69 Å². The molecule has 0 aliphatic carbocycles. The van der Waals surface area contributed by atoms with Gasteiger partial charge in [0.1, 0.15) is 17.5 Å². The number of methoxy groups -OCH3 is 1. The molecule has 3 aromatic rings. The number of urea groups is 1. The van der Waals surface area contributed by atoms with Gasteiger partial charge in [0.2, 0.25) is 0 Å². The van der Waals surface area contributed by atoms with E-state index in [1.807, 2.05) is 56.3 Å². The number of hydrogen-bond donors (Lipinski definition) is 2. The highest BCUT2D eigenvalue weighted by molar-refractivity contribution is 5.93. The summed E-state index contributed by atoms with van der Waals surface area (Å²) in [5.74, 6) is 0.460. The number of nitrogens with one attached hydrogen (secondary N) is 2. The quantitative estimate of drug-likeness (QED) is 0.475. The van der Waals surface area contributed by atoms with Gasteiger partial charge in [-0.1, -0.05) is 44.2 Å². The second kappa shape index (κ2) is 9.10.